The number of Topliss-reactive ketones (excluding diaryl/α,β-unsaturated/α-hetero) is 2. The lowest BCUT2D eigenvalue weighted by Gasteiger charge is -2.32. The second kappa shape index (κ2) is 15.4. The van der Waals surface area contributed by atoms with E-state index in [0.29, 0.717) is 48.7 Å². The van der Waals surface area contributed by atoms with Crippen molar-refractivity contribution < 1.29 is 14.4 Å². The quantitative estimate of drug-likeness (QED) is 0.264. The van der Waals surface area contributed by atoms with Crippen LogP contribution in [0.25, 0.3) is 10.2 Å². The van der Waals surface area contributed by atoms with Crippen LogP contribution in [0.2, 0.25) is 5.02 Å². The summed E-state index contributed by atoms with van der Waals surface area (Å²) in [5.74, 6) is -0.0490. The number of carbonyl (C=O) groups is 3. The van der Waals surface area contributed by atoms with E-state index < -0.39 is 5.92 Å². The van der Waals surface area contributed by atoms with E-state index in [9.17, 15) is 14.4 Å². The first-order chi connectivity index (χ1) is 19.7. The van der Waals surface area contributed by atoms with E-state index in [1.807, 2.05) is 25.1 Å². The van der Waals surface area contributed by atoms with Gasteiger partial charge in [0.1, 0.15) is 5.78 Å². The van der Waals surface area contributed by atoms with Crippen LogP contribution in [0.5, 0.6) is 0 Å². The zero-order valence-corrected chi connectivity index (χ0v) is 26.2. The first-order valence-electron chi connectivity index (χ1n) is 15.2. The van der Waals surface area contributed by atoms with Gasteiger partial charge in [0, 0.05) is 75.0 Å². The van der Waals surface area contributed by atoms with Gasteiger partial charge in [-0.05, 0) is 56.8 Å². The molecule has 1 amide bonds. The Hall–Kier alpha value is -2.13. The number of thiazole rings is 1. The van der Waals surface area contributed by atoms with Crippen LogP contribution >= 0.6 is 22.9 Å². The molecule has 224 valence electrons. The molecular weight excluding hydrogens is 556 g/mol. The number of ketones is 2. The third kappa shape index (κ3) is 9.43. The van der Waals surface area contributed by atoms with Crippen molar-refractivity contribution in [3.63, 3.8) is 0 Å². The van der Waals surface area contributed by atoms with Crippen LogP contribution < -0.4 is 5.32 Å². The molecule has 1 N–H and O–H groups in total. The fourth-order valence-electron chi connectivity index (χ4n) is 6.07. The van der Waals surface area contributed by atoms with E-state index in [4.69, 9.17) is 16.6 Å². The lowest BCUT2D eigenvalue weighted by atomic mass is 9.90. The molecule has 0 spiro atoms. The molecule has 0 radical (unpaired) electrons. The Morgan fingerprint density at radius 3 is 2.59 bits per heavy atom. The van der Waals surface area contributed by atoms with Gasteiger partial charge in [0.25, 0.3) is 0 Å². The topological polar surface area (TPSA) is 82.6 Å². The highest BCUT2D eigenvalue weighted by Gasteiger charge is 2.31. The second-order valence-corrected chi connectivity index (χ2v) is 13.5. The van der Waals surface area contributed by atoms with Gasteiger partial charge in [-0.2, -0.15) is 0 Å². The van der Waals surface area contributed by atoms with Gasteiger partial charge >= 0.3 is 0 Å². The average molecular weight is 601 g/mol. The monoisotopic (exact) mass is 600 g/mol. The molecular formula is C32H45ClN4O3S. The number of fused-ring (bicyclic) bond motifs is 1. The van der Waals surface area contributed by atoms with Gasteiger partial charge in [0.05, 0.1) is 21.1 Å². The number of rotatable bonds is 15. The number of nitrogens with zero attached hydrogens (tertiary/aromatic N) is 3. The minimum atomic E-state index is -0.489. The van der Waals surface area contributed by atoms with Crippen LogP contribution in [-0.4, -0.2) is 78.1 Å². The minimum Gasteiger partial charge on any atom is -0.353 e. The summed E-state index contributed by atoms with van der Waals surface area (Å²) in [5.41, 5.74) is 1.51. The number of piperazine rings is 1. The molecule has 2 aromatic rings. The molecule has 7 nitrogen and oxygen atoms in total. The molecule has 1 aromatic carbocycles. The minimum absolute atomic E-state index is 0.0802. The first-order valence-corrected chi connectivity index (χ1v) is 16.4. The van der Waals surface area contributed by atoms with E-state index in [2.05, 4.69) is 28.7 Å². The number of amides is 1. The number of halogens is 1. The maximum atomic E-state index is 13.8. The Bertz CT molecular complexity index is 1220. The molecule has 1 saturated heterocycles. The Morgan fingerprint density at radius 1 is 1.15 bits per heavy atom. The van der Waals surface area contributed by atoms with Gasteiger partial charge in [-0.25, -0.2) is 4.98 Å². The highest BCUT2D eigenvalue weighted by Crippen LogP contribution is 2.31. The van der Waals surface area contributed by atoms with Crippen LogP contribution in [0.15, 0.2) is 30.4 Å². The summed E-state index contributed by atoms with van der Waals surface area (Å²) >= 11 is 7.69. The van der Waals surface area contributed by atoms with Crippen LogP contribution in [0.1, 0.15) is 69.7 Å². The summed E-state index contributed by atoms with van der Waals surface area (Å²) in [6.45, 7) is 10.6. The van der Waals surface area contributed by atoms with Gasteiger partial charge in [0.2, 0.25) is 5.91 Å². The molecule has 1 saturated carbocycles. The van der Waals surface area contributed by atoms with Gasteiger partial charge in [-0.1, -0.05) is 37.9 Å². The maximum Gasteiger partial charge on any atom is 0.224 e. The Labute approximate surface area is 253 Å². The predicted octanol–water partition coefficient (Wildman–Crippen LogP) is 5.70. The molecule has 41 heavy (non-hydrogen) atoms. The molecule has 0 unspecified atom stereocenters. The van der Waals surface area contributed by atoms with E-state index in [0.717, 1.165) is 73.5 Å². The van der Waals surface area contributed by atoms with Crippen molar-refractivity contribution in [2.24, 2.45) is 11.8 Å². The fraction of sp³-hybridized carbons (Fsp3) is 0.625. The molecule has 9 heteroatoms. The third-order valence-electron chi connectivity index (χ3n) is 8.57. The van der Waals surface area contributed by atoms with Crippen molar-refractivity contribution in [1.82, 2.24) is 20.1 Å². The van der Waals surface area contributed by atoms with Crippen LogP contribution in [-0.2, 0) is 20.8 Å². The van der Waals surface area contributed by atoms with E-state index in [1.165, 1.54) is 11.3 Å². The highest BCUT2D eigenvalue weighted by atomic mass is 35.5. The zero-order valence-electron chi connectivity index (χ0n) is 24.6. The molecule has 2 heterocycles. The molecule has 1 aromatic heterocycles. The van der Waals surface area contributed by atoms with Crippen molar-refractivity contribution in [1.29, 1.82) is 0 Å². The summed E-state index contributed by atoms with van der Waals surface area (Å²) in [6.07, 6.45) is 7.23. The van der Waals surface area contributed by atoms with Gasteiger partial charge in [0.15, 0.2) is 5.78 Å². The summed E-state index contributed by atoms with van der Waals surface area (Å²) in [6, 6.07) is 5.51. The van der Waals surface area contributed by atoms with Crippen molar-refractivity contribution in [2.45, 2.75) is 77.2 Å². The van der Waals surface area contributed by atoms with E-state index in [1.54, 1.807) is 0 Å². The van der Waals surface area contributed by atoms with Crippen molar-refractivity contribution >= 4 is 50.6 Å². The maximum absolute atomic E-state index is 13.8. The summed E-state index contributed by atoms with van der Waals surface area (Å²) in [5, 5.41) is 4.80. The van der Waals surface area contributed by atoms with E-state index >= 15 is 0 Å². The number of hydrogen-bond donors (Lipinski definition) is 1. The van der Waals surface area contributed by atoms with Crippen LogP contribution in [0.3, 0.4) is 0 Å². The number of likely N-dealkylation sites (N-methyl/N-ethyl adjacent to an activating group) is 1. The number of carbonyl (C=O) groups excluding carboxylic acids is 3. The smallest absolute Gasteiger partial charge is 0.224 e. The third-order valence-corrected chi connectivity index (χ3v) is 9.85. The van der Waals surface area contributed by atoms with Crippen LogP contribution in [0, 0.1) is 11.8 Å². The van der Waals surface area contributed by atoms with Crippen molar-refractivity contribution in [3.05, 3.63) is 40.4 Å². The molecule has 1 aliphatic carbocycles. The van der Waals surface area contributed by atoms with Gasteiger partial charge in [-0.3, -0.25) is 19.3 Å². The Balaban J connectivity index is 1.40. The van der Waals surface area contributed by atoms with Crippen molar-refractivity contribution in [3.8, 4) is 0 Å². The van der Waals surface area contributed by atoms with Crippen LogP contribution in [0.4, 0.5) is 0 Å². The highest BCUT2D eigenvalue weighted by molar-refractivity contribution is 7.18. The number of nitrogens with one attached hydrogen (secondary N) is 1. The predicted molar refractivity (Wildman–Crippen MR) is 168 cm³/mol. The van der Waals surface area contributed by atoms with Crippen molar-refractivity contribution in [2.75, 3.05) is 39.8 Å². The normalized spacial score (nSPS) is 18.4. The SMILES string of the molecule is C=C(CN1CCN(C)CC1)C(=O)CC[C@@H](NC(=O)[C@@H](CC(=O)CCC)Cc1nc2ccc(Cl)cc2s1)C1CCCC1. The molecule has 1 aliphatic heterocycles. The fourth-order valence-corrected chi connectivity index (χ4v) is 7.39. The summed E-state index contributed by atoms with van der Waals surface area (Å²) < 4.78 is 0.977. The average Bonchev–Trinajstić information content (AvgIpc) is 3.61. The Morgan fingerprint density at radius 2 is 1.88 bits per heavy atom. The number of hydrogen-bond acceptors (Lipinski definition) is 7. The molecule has 0 bridgehead atoms. The Kier molecular flexibility index (Phi) is 11.9. The van der Waals surface area contributed by atoms with Gasteiger partial charge in [-0.15, -0.1) is 11.3 Å². The summed E-state index contributed by atoms with van der Waals surface area (Å²) in [7, 11) is 2.12. The lowest BCUT2D eigenvalue weighted by molar-refractivity contribution is -0.130. The van der Waals surface area contributed by atoms with E-state index in [-0.39, 0.29) is 29.9 Å². The molecule has 2 atom stereocenters. The lowest BCUT2D eigenvalue weighted by Crippen LogP contribution is -2.45. The first kappa shape index (κ1) is 31.8. The molecule has 4 rings (SSSR count). The number of aromatic nitrogens is 1. The molecule has 2 fully saturated rings. The second-order valence-electron chi connectivity index (χ2n) is 11.9. The zero-order chi connectivity index (χ0) is 29.4. The molecule has 2 aliphatic rings. The number of benzene rings is 1. The standard InChI is InChI=1S/C32H45ClN4O3S/c1-4-7-26(38)18-24(19-31-34-28-11-10-25(33)20-30(28)41-31)32(40)35-27(23-8-5-6-9-23)12-13-29(39)22(2)21-37-16-14-36(3)15-17-37/h10-11,20,23-24,27H,2,4-9,12-19,21H2,1,3H3,(H,35,40)/t24-,27+/m0/s1. The summed E-state index contributed by atoms with van der Waals surface area (Å²) in [4.78, 5) is 48.9. The van der Waals surface area contributed by atoms with Gasteiger partial charge < -0.3 is 10.2 Å². The largest absolute Gasteiger partial charge is 0.353 e.